The summed E-state index contributed by atoms with van der Waals surface area (Å²) in [7, 11) is -4.17. The molecule has 0 rings (SSSR count). The van der Waals surface area contributed by atoms with E-state index in [9.17, 15) is 0 Å². The Morgan fingerprint density at radius 3 is 1.17 bits per heavy atom. The Balaban J connectivity index is 0. The van der Waals surface area contributed by atoms with Crippen molar-refractivity contribution in [3.05, 3.63) is 10.3 Å². The predicted molar refractivity (Wildman–Crippen MR) is 17.6 cm³/mol. The molecule has 0 saturated carbocycles. The van der Waals surface area contributed by atoms with Gasteiger partial charge < -0.3 is 10.3 Å². The second-order valence-electron chi connectivity index (χ2n) is 0.503. The van der Waals surface area contributed by atoms with Crippen LogP contribution in [0.1, 0.15) is 0 Å². The topological polar surface area (TPSA) is 81.7 Å². The van der Waals surface area contributed by atoms with Gasteiger partial charge in [-0.15, -0.1) is 0 Å². The van der Waals surface area contributed by atoms with Crippen molar-refractivity contribution in [3.63, 3.8) is 0 Å². The third-order valence-electron chi connectivity index (χ3n) is 0. The average molecular weight is 202 g/mol. The summed E-state index contributed by atoms with van der Waals surface area (Å²) >= 11 is 0. The van der Waals surface area contributed by atoms with E-state index in [0.29, 0.717) is 0 Å². The van der Waals surface area contributed by atoms with E-state index in [0.717, 1.165) is 0 Å². The molecule has 0 heterocycles. The first-order valence-corrected chi connectivity index (χ1v) is 2.22. The molecule has 6 heavy (non-hydrogen) atoms. The maximum Gasteiger partial charge on any atom is 0 e. The van der Waals surface area contributed by atoms with Gasteiger partial charge in [-0.1, -0.05) is 0 Å². The van der Waals surface area contributed by atoms with Crippen molar-refractivity contribution in [2.45, 2.75) is 0 Å². The van der Waals surface area contributed by atoms with Crippen LogP contribution in [0, 0.1) is 0 Å². The molecule has 0 aromatic carbocycles. The van der Waals surface area contributed by atoms with Crippen molar-refractivity contribution < 1.29 is 30.8 Å². The van der Waals surface area contributed by atoms with Crippen LogP contribution in [0.3, 0.4) is 0 Å². The summed E-state index contributed by atoms with van der Waals surface area (Å²) in [4.78, 5) is 0. The molecule has 1 radical (unpaired) electrons. The van der Waals surface area contributed by atoms with Gasteiger partial charge in [0.15, 0.2) is 0 Å². The average Bonchev–Trinajstić information content (AvgIpc) is 0.722. The van der Waals surface area contributed by atoms with E-state index in [1.165, 1.54) is 0 Å². The smallest absolute Gasteiger partial charge is 0 e. The molecule has 0 amide bonds. The van der Waals surface area contributed by atoms with Crippen molar-refractivity contribution >= 4 is 10.2 Å². The quantitative estimate of drug-likeness (QED) is 0.530. The molecule has 4 nitrogen and oxygen atoms in total. The SMILES string of the molecule is [Ag].[NH-]S([NH-])(=O)=O. The molecule has 0 bridgehead atoms. The van der Waals surface area contributed by atoms with Crippen LogP contribution in [0.2, 0.25) is 0 Å². The van der Waals surface area contributed by atoms with Crippen molar-refractivity contribution in [2.24, 2.45) is 0 Å². The molecule has 6 heteroatoms. The first-order chi connectivity index (χ1) is 2.00. The zero-order valence-electron chi connectivity index (χ0n) is 2.53. The van der Waals surface area contributed by atoms with Crippen molar-refractivity contribution in [2.75, 3.05) is 0 Å². The zero-order chi connectivity index (χ0) is 4.50. The van der Waals surface area contributed by atoms with Gasteiger partial charge in [-0.3, -0.25) is 8.42 Å². The van der Waals surface area contributed by atoms with Gasteiger partial charge in [-0.05, 0) is 10.2 Å². The third kappa shape index (κ3) is 161. The van der Waals surface area contributed by atoms with Crippen LogP contribution in [-0.4, -0.2) is 8.42 Å². The molecule has 0 atom stereocenters. The Bertz CT molecular complexity index is 94.7. The van der Waals surface area contributed by atoms with Gasteiger partial charge in [0.2, 0.25) is 0 Å². The van der Waals surface area contributed by atoms with E-state index in [1.54, 1.807) is 0 Å². The fraction of sp³-hybridized carbons (Fsp3) is 0. The van der Waals surface area contributed by atoms with Crippen molar-refractivity contribution in [3.8, 4) is 0 Å². The molecular formula is H2AgN2O2S-2. The maximum absolute atomic E-state index is 8.97. The van der Waals surface area contributed by atoms with Crippen molar-refractivity contribution in [1.82, 2.24) is 0 Å². The largest absolute Gasteiger partial charge is 0.582 e. The summed E-state index contributed by atoms with van der Waals surface area (Å²) in [6.07, 6.45) is 0. The Labute approximate surface area is 51.6 Å². The van der Waals surface area contributed by atoms with Crippen molar-refractivity contribution in [1.29, 1.82) is 0 Å². The molecule has 0 unspecified atom stereocenters. The number of rotatable bonds is 0. The maximum atomic E-state index is 8.97. The zero-order valence-corrected chi connectivity index (χ0v) is 4.83. The fourth-order valence-corrected chi connectivity index (χ4v) is 0. The van der Waals surface area contributed by atoms with E-state index < -0.39 is 10.2 Å². The van der Waals surface area contributed by atoms with Crippen LogP contribution in [0.15, 0.2) is 0 Å². The summed E-state index contributed by atoms with van der Waals surface area (Å²) in [5, 5.41) is 11.2. The van der Waals surface area contributed by atoms with Gasteiger partial charge >= 0.3 is 0 Å². The van der Waals surface area contributed by atoms with Crippen LogP contribution in [0.4, 0.5) is 0 Å². The van der Waals surface area contributed by atoms with Gasteiger partial charge in [0.25, 0.3) is 0 Å². The van der Waals surface area contributed by atoms with Gasteiger partial charge in [0.1, 0.15) is 0 Å². The van der Waals surface area contributed by atoms with Crippen LogP contribution in [0.25, 0.3) is 10.3 Å². The third-order valence-corrected chi connectivity index (χ3v) is 0. The van der Waals surface area contributed by atoms with Crippen LogP contribution >= 0.6 is 0 Å². The van der Waals surface area contributed by atoms with E-state index >= 15 is 0 Å². The Hall–Kier alpha value is 0.610. The normalized spacial score (nSPS) is 9.67. The Morgan fingerprint density at radius 2 is 1.17 bits per heavy atom. The molecule has 0 aliphatic carbocycles. The number of nitrogens with one attached hydrogen (secondary N) is 2. The summed E-state index contributed by atoms with van der Waals surface area (Å²) < 4.78 is 17.9. The molecule has 43 valence electrons. The second kappa shape index (κ2) is 2.73. The number of hydrogen-bond donors (Lipinski definition) is 0. The van der Waals surface area contributed by atoms with E-state index in [-0.39, 0.29) is 22.4 Å². The molecule has 0 saturated heterocycles. The molecule has 0 aromatic heterocycles. The van der Waals surface area contributed by atoms with Crippen LogP contribution < -0.4 is 0 Å². The molecule has 2 N–H and O–H groups in total. The minimum Gasteiger partial charge on any atom is -0.582 e. The monoisotopic (exact) mass is 201 g/mol. The molecule has 0 spiro atoms. The van der Waals surface area contributed by atoms with Crippen LogP contribution in [-0.2, 0) is 32.6 Å². The van der Waals surface area contributed by atoms with E-state index in [2.05, 4.69) is 0 Å². The fourth-order valence-electron chi connectivity index (χ4n) is 0. The molecular weight excluding hydrogens is 200 g/mol. The first kappa shape index (κ1) is 9.79. The van der Waals surface area contributed by atoms with E-state index in [1.807, 2.05) is 0 Å². The molecule has 0 aliphatic heterocycles. The summed E-state index contributed by atoms with van der Waals surface area (Å²) in [5.41, 5.74) is 0. The minimum absolute atomic E-state index is 0. The minimum atomic E-state index is -4.17. The summed E-state index contributed by atoms with van der Waals surface area (Å²) in [5.74, 6) is 0. The number of hydrogen-bond acceptors (Lipinski definition) is 2. The molecule has 0 aliphatic rings. The summed E-state index contributed by atoms with van der Waals surface area (Å²) in [6, 6.07) is 0. The van der Waals surface area contributed by atoms with E-state index in [4.69, 9.17) is 18.7 Å². The Kier molecular flexibility index (Phi) is 4.45. The molecule has 0 fully saturated rings. The Morgan fingerprint density at radius 1 is 1.17 bits per heavy atom. The van der Waals surface area contributed by atoms with Gasteiger partial charge in [-0.25, -0.2) is 0 Å². The van der Waals surface area contributed by atoms with Gasteiger partial charge in [0, 0.05) is 22.4 Å². The second-order valence-corrected chi connectivity index (χ2v) is 1.51. The van der Waals surface area contributed by atoms with Gasteiger partial charge in [0.05, 0.1) is 0 Å². The predicted octanol–water partition coefficient (Wildman–Crippen LogP) is 0.333. The first-order valence-electron chi connectivity index (χ1n) is 0.742. The molecule has 0 aromatic rings. The van der Waals surface area contributed by atoms with Crippen LogP contribution in [0.5, 0.6) is 0 Å². The summed E-state index contributed by atoms with van der Waals surface area (Å²) in [6.45, 7) is 0. The standard InChI is InChI=1S/Ag.H2N2O2S/c;1-5(2,3)4/h;(H2-2,1,2,3,4)/q;-2. The van der Waals surface area contributed by atoms with Gasteiger partial charge in [-0.2, -0.15) is 0 Å².